The molecule has 2 amide bonds. The van der Waals surface area contributed by atoms with Gasteiger partial charge in [-0.25, -0.2) is 18.7 Å². The first kappa shape index (κ1) is 45.0. The number of aromatic nitrogens is 3. The van der Waals surface area contributed by atoms with E-state index in [0.29, 0.717) is 52.2 Å². The van der Waals surface area contributed by atoms with Crippen molar-refractivity contribution < 1.29 is 27.7 Å². The number of imide groups is 1. The number of ether oxygens (including phenoxy) is 1. The quantitative estimate of drug-likeness (QED) is 0.0775. The zero-order chi connectivity index (χ0) is 44.6. The number of nitrogens with zero attached hydrogens (tertiary/aromatic N) is 6. The van der Waals surface area contributed by atoms with Crippen molar-refractivity contribution in [3.8, 4) is 5.75 Å². The molecule has 0 bridgehead atoms. The van der Waals surface area contributed by atoms with Crippen molar-refractivity contribution in [2.75, 3.05) is 81.8 Å². The number of methoxy groups -OCH3 is 1. The molecule has 1 atom stereocenters. The molecule has 334 valence electrons. The molecule has 2 aromatic heterocycles. The predicted molar refractivity (Wildman–Crippen MR) is 251 cm³/mol. The summed E-state index contributed by atoms with van der Waals surface area (Å²) in [4.78, 5) is 45.2. The van der Waals surface area contributed by atoms with Crippen LogP contribution in [0, 0.1) is 18.6 Å². The largest absolute Gasteiger partial charge is 0.494 e. The molecule has 3 aliphatic heterocycles. The summed E-state index contributed by atoms with van der Waals surface area (Å²) < 4.78 is 51.3. The topological polar surface area (TPSA) is 145 Å². The lowest BCUT2D eigenvalue weighted by Crippen LogP contribution is -2.53. The molecule has 0 aliphatic carbocycles. The first-order valence-electron chi connectivity index (χ1n) is 21.4. The van der Waals surface area contributed by atoms with Gasteiger partial charge in [0.25, 0.3) is 0 Å². The molecule has 3 saturated heterocycles. The number of hydrogen-bond donors (Lipinski definition) is 3. The van der Waals surface area contributed by atoms with Crippen molar-refractivity contribution >= 4 is 90.6 Å². The number of aryl methyl sites for hydroxylation is 2. The molecule has 0 unspecified atom stereocenters. The second-order valence-corrected chi connectivity index (χ2v) is 22.1. The molecule has 18 heteroatoms. The van der Waals surface area contributed by atoms with Crippen molar-refractivity contribution in [3.63, 3.8) is 0 Å². The van der Waals surface area contributed by atoms with Crippen molar-refractivity contribution in [3.05, 3.63) is 80.4 Å². The fraction of sp³-hybridized carbons (Fsp3) is 0.444. The smallest absolute Gasteiger partial charge is 0.234 e. The summed E-state index contributed by atoms with van der Waals surface area (Å²) >= 11 is 5.14. The van der Waals surface area contributed by atoms with Gasteiger partial charge in [0, 0.05) is 81.8 Å². The van der Waals surface area contributed by atoms with Gasteiger partial charge in [-0.15, -0.1) is 11.3 Å². The standard InChI is InChI=1S/C45H53BrF2N9O4PS/c1-6-28-23-36(52-45-49-25-31(46)43(54-45)51-34-8-9-35-42(63-26(2)50-35)41(34)62(4,5)60)38(61-3)24-37(28)57-15-12-29(13-16-57)56-19-17-55(18-20-56)14-11-27-21-32(47)40(33(48)22-27)30-7-10-39(58)53-44(30)59/h8-9,21-25,29-30H,6-7,10-20H2,1-5H3,(H,53,58,59)(H2,49,51,52,54)/t30-/m1/s1. The van der Waals surface area contributed by atoms with E-state index in [1.165, 1.54) is 29.0 Å². The number of piperazine rings is 1. The molecular formula is C45H53BrF2N9O4PS. The third-order valence-corrected chi connectivity index (χ3v) is 15.7. The third kappa shape index (κ3) is 9.92. The van der Waals surface area contributed by atoms with E-state index in [1.807, 2.05) is 19.1 Å². The van der Waals surface area contributed by atoms with Gasteiger partial charge in [-0.05, 0) is 110 Å². The van der Waals surface area contributed by atoms with Crippen LogP contribution < -0.4 is 30.9 Å². The summed E-state index contributed by atoms with van der Waals surface area (Å²) in [6, 6.07) is 11.2. The number of rotatable bonds is 13. The molecule has 0 spiro atoms. The van der Waals surface area contributed by atoms with Crippen LogP contribution in [-0.4, -0.2) is 109 Å². The van der Waals surface area contributed by atoms with Crippen LogP contribution >= 0.6 is 34.4 Å². The Balaban J connectivity index is 0.868. The Morgan fingerprint density at radius 2 is 1.70 bits per heavy atom. The average molecular weight is 965 g/mol. The van der Waals surface area contributed by atoms with Crippen LogP contribution in [0.15, 0.2) is 47.1 Å². The van der Waals surface area contributed by atoms with E-state index < -0.39 is 36.5 Å². The van der Waals surface area contributed by atoms with Gasteiger partial charge in [-0.2, -0.15) is 4.98 Å². The average Bonchev–Trinajstić information content (AvgIpc) is 3.64. The fourth-order valence-electron chi connectivity index (χ4n) is 9.14. The van der Waals surface area contributed by atoms with Gasteiger partial charge in [-0.3, -0.25) is 19.8 Å². The monoisotopic (exact) mass is 963 g/mol. The SMILES string of the molecule is CCc1cc(Nc2ncc(Br)c(Nc3ccc4nc(C)sc4c3P(C)(C)=O)n2)c(OC)cc1N1CCC(N2CCN(CCc3cc(F)c([C@H]4CCC(=O)NC4=O)c(F)c3)CC2)CC1. The molecule has 3 fully saturated rings. The van der Waals surface area contributed by atoms with E-state index in [4.69, 9.17) is 9.72 Å². The maximum atomic E-state index is 15.1. The van der Waals surface area contributed by atoms with Crippen LogP contribution in [0.25, 0.3) is 10.2 Å². The van der Waals surface area contributed by atoms with Crippen molar-refractivity contribution in [2.24, 2.45) is 0 Å². The Morgan fingerprint density at radius 3 is 2.37 bits per heavy atom. The van der Waals surface area contributed by atoms with Gasteiger partial charge < -0.3 is 29.7 Å². The number of piperidine rings is 2. The number of nitrogens with one attached hydrogen (secondary N) is 3. The van der Waals surface area contributed by atoms with E-state index in [0.717, 1.165) is 90.4 Å². The van der Waals surface area contributed by atoms with Gasteiger partial charge in [0.05, 0.1) is 49.4 Å². The van der Waals surface area contributed by atoms with Gasteiger partial charge in [0.1, 0.15) is 30.3 Å². The van der Waals surface area contributed by atoms with Crippen LogP contribution in [0.1, 0.15) is 60.2 Å². The van der Waals surface area contributed by atoms with E-state index >= 15 is 8.78 Å². The van der Waals surface area contributed by atoms with Crippen molar-refractivity contribution in [1.29, 1.82) is 0 Å². The summed E-state index contributed by atoms with van der Waals surface area (Å²) in [7, 11) is -1.03. The Morgan fingerprint density at radius 1 is 0.968 bits per heavy atom. The second-order valence-electron chi connectivity index (χ2n) is 16.9. The van der Waals surface area contributed by atoms with Crippen LogP contribution in [0.4, 0.5) is 37.6 Å². The number of benzene rings is 3. The van der Waals surface area contributed by atoms with Crippen LogP contribution in [-0.2, 0) is 27.0 Å². The minimum atomic E-state index is -2.70. The number of fused-ring (bicyclic) bond motifs is 1. The molecular weight excluding hydrogens is 911 g/mol. The maximum Gasteiger partial charge on any atom is 0.234 e. The summed E-state index contributed by atoms with van der Waals surface area (Å²) in [5, 5.41) is 10.7. The Hall–Kier alpha value is -4.54. The number of hydrogen-bond acceptors (Lipinski definition) is 13. The molecule has 3 N–H and O–H groups in total. The summed E-state index contributed by atoms with van der Waals surface area (Å²) in [6.07, 6.45) is 5.26. The Kier molecular flexibility index (Phi) is 13.5. The van der Waals surface area contributed by atoms with Crippen molar-refractivity contribution in [2.45, 2.75) is 64.3 Å². The molecule has 63 heavy (non-hydrogen) atoms. The highest BCUT2D eigenvalue weighted by molar-refractivity contribution is 9.10. The molecule has 5 aromatic rings. The summed E-state index contributed by atoms with van der Waals surface area (Å²) in [5.41, 5.74) is 4.95. The number of anilines is 5. The highest BCUT2D eigenvalue weighted by Crippen LogP contribution is 2.44. The van der Waals surface area contributed by atoms with Gasteiger partial charge in [-0.1, -0.05) is 6.92 Å². The van der Waals surface area contributed by atoms with Gasteiger partial charge in [0.15, 0.2) is 0 Å². The van der Waals surface area contributed by atoms with E-state index in [1.54, 1.807) is 26.6 Å². The first-order valence-corrected chi connectivity index (χ1v) is 25.7. The molecule has 5 heterocycles. The molecule has 0 radical (unpaired) electrons. The van der Waals surface area contributed by atoms with Crippen molar-refractivity contribution in [1.82, 2.24) is 30.1 Å². The van der Waals surface area contributed by atoms with E-state index in [-0.39, 0.29) is 18.4 Å². The van der Waals surface area contributed by atoms with Gasteiger partial charge >= 0.3 is 0 Å². The zero-order valence-corrected chi connectivity index (χ0v) is 39.5. The summed E-state index contributed by atoms with van der Waals surface area (Å²) in [6.45, 7) is 13.8. The molecule has 8 rings (SSSR count). The third-order valence-electron chi connectivity index (χ3n) is 12.4. The highest BCUT2D eigenvalue weighted by atomic mass is 79.9. The predicted octanol–water partition coefficient (Wildman–Crippen LogP) is 8.09. The van der Waals surface area contributed by atoms with Crippen LogP contribution in [0.2, 0.25) is 0 Å². The normalized spacial score (nSPS) is 18.2. The maximum absolute atomic E-state index is 15.1. The number of carbonyl (C=O) groups is 2. The molecule has 0 saturated carbocycles. The molecule has 3 aromatic carbocycles. The zero-order valence-electron chi connectivity index (χ0n) is 36.2. The van der Waals surface area contributed by atoms with E-state index in [9.17, 15) is 14.2 Å². The van der Waals surface area contributed by atoms with Crippen LogP contribution in [0.5, 0.6) is 5.75 Å². The van der Waals surface area contributed by atoms with E-state index in [2.05, 4.69) is 75.6 Å². The Labute approximate surface area is 378 Å². The molecule has 3 aliphatic rings. The lowest BCUT2D eigenvalue weighted by molar-refractivity contribution is -0.134. The lowest BCUT2D eigenvalue weighted by Gasteiger charge is -2.43. The van der Waals surface area contributed by atoms with Gasteiger partial charge in [0.2, 0.25) is 17.8 Å². The number of amides is 2. The fourth-order valence-corrected chi connectivity index (χ4v) is 12.4. The minimum absolute atomic E-state index is 0.0651. The Bertz CT molecular complexity index is 2570. The minimum Gasteiger partial charge on any atom is -0.494 e. The first-order chi connectivity index (χ1) is 30.2. The lowest BCUT2D eigenvalue weighted by atomic mass is 9.89. The van der Waals surface area contributed by atoms with Crippen LogP contribution in [0.3, 0.4) is 0 Å². The summed E-state index contributed by atoms with van der Waals surface area (Å²) in [5.74, 6) is -1.93. The molecule has 13 nitrogen and oxygen atoms in total. The number of carbonyl (C=O) groups excluding carboxylic acids is 2. The second kappa shape index (κ2) is 18.9. The number of thiazole rings is 1. The number of halogens is 3. The highest BCUT2D eigenvalue weighted by Gasteiger charge is 2.33.